The van der Waals surface area contributed by atoms with Gasteiger partial charge in [-0.3, -0.25) is 9.54 Å². The molecule has 0 aliphatic heterocycles. The number of anilines is 2. The fourth-order valence-corrected chi connectivity index (χ4v) is 5.18. The average molecular weight is 578 g/mol. The molecule has 5 aromatic rings. The van der Waals surface area contributed by atoms with E-state index in [9.17, 15) is 26.5 Å². The Morgan fingerprint density at radius 1 is 0.854 bits per heavy atom. The molecule has 0 atom stereocenters. The van der Waals surface area contributed by atoms with Crippen molar-refractivity contribution in [3.05, 3.63) is 102 Å². The van der Waals surface area contributed by atoms with E-state index < -0.39 is 33.6 Å². The lowest BCUT2D eigenvalue weighted by Crippen LogP contribution is -2.27. The Kier molecular flexibility index (Phi) is 7.35. The van der Waals surface area contributed by atoms with Gasteiger partial charge in [0.15, 0.2) is 5.82 Å². The monoisotopic (exact) mass is 577 g/mol. The van der Waals surface area contributed by atoms with E-state index >= 15 is 0 Å². The van der Waals surface area contributed by atoms with Crippen LogP contribution in [0.1, 0.15) is 10.4 Å². The normalized spacial score (nSPS) is 11.3. The van der Waals surface area contributed by atoms with Crippen LogP contribution in [0.5, 0.6) is 5.88 Å². The van der Waals surface area contributed by atoms with E-state index in [0.29, 0.717) is 28.3 Å². The van der Waals surface area contributed by atoms with Crippen molar-refractivity contribution in [1.82, 2.24) is 9.97 Å². The number of nitrogens with zero attached hydrogens (tertiary/aromatic N) is 3. The summed E-state index contributed by atoms with van der Waals surface area (Å²) in [5.41, 5.74) is 2.72. The Morgan fingerprint density at radius 3 is 2.24 bits per heavy atom. The predicted molar refractivity (Wildman–Crippen MR) is 148 cm³/mol. The number of carbonyl (C=O) groups excluding carboxylic acids is 1. The lowest BCUT2D eigenvalue weighted by molar-refractivity contribution is 0.0600. The Labute approximate surface area is 233 Å². The van der Waals surface area contributed by atoms with Gasteiger partial charge >= 0.3 is 16.3 Å². The lowest BCUT2D eigenvalue weighted by Gasteiger charge is -2.23. The summed E-state index contributed by atoms with van der Waals surface area (Å²) in [5, 5.41) is 0.740. The molecular formula is C29H21F2N3O6S. The van der Waals surface area contributed by atoms with Crippen molar-refractivity contribution in [2.45, 2.75) is 0 Å². The number of ether oxygens (including phenoxy) is 2. The van der Waals surface area contributed by atoms with Crippen LogP contribution in [0, 0.1) is 11.6 Å². The molecular weight excluding hydrogens is 556 g/mol. The molecule has 0 unspecified atom stereocenters. The molecule has 0 spiro atoms. The van der Waals surface area contributed by atoms with Gasteiger partial charge in [0.25, 0.3) is 0 Å². The molecule has 2 heterocycles. The lowest BCUT2D eigenvalue weighted by atomic mass is 9.97. The van der Waals surface area contributed by atoms with Gasteiger partial charge < -0.3 is 9.47 Å². The summed E-state index contributed by atoms with van der Waals surface area (Å²) in [6, 6.07) is 17.6. The highest BCUT2D eigenvalue weighted by Gasteiger charge is 2.29. The first-order valence-corrected chi connectivity index (χ1v) is 13.3. The van der Waals surface area contributed by atoms with Gasteiger partial charge in [-0.2, -0.15) is 8.42 Å². The fraction of sp³-hybridized carbons (Fsp3) is 0.0690. The smallest absolute Gasteiger partial charge is 0.364 e. The van der Waals surface area contributed by atoms with Gasteiger partial charge in [-0.1, -0.05) is 18.2 Å². The molecule has 2 aromatic heterocycles. The van der Waals surface area contributed by atoms with Crippen molar-refractivity contribution in [3.63, 3.8) is 0 Å². The number of rotatable bonds is 7. The van der Waals surface area contributed by atoms with Crippen molar-refractivity contribution >= 4 is 38.6 Å². The van der Waals surface area contributed by atoms with Gasteiger partial charge in [0.05, 0.1) is 31.0 Å². The minimum absolute atomic E-state index is 0.232. The molecule has 0 aliphatic carbocycles. The van der Waals surface area contributed by atoms with Gasteiger partial charge in [-0.25, -0.2) is 22.9 Å². The summed E-state index contributed by atoms with van der Waals surface area (Å²) in [4.78, 5) is 20.4. The van der Waals surface area contributed by atoms with E-state index in [-0.39, 0.29) is 15.9 Å². The highest BCUT2D eigenvalue weighted by Crippen LogP contribution is 2.39. The molecule has 0 amide bonds. The topological polar surface area (TPSA) is 119 Å². The van der Waals surface area contributed by atoms with Crippen molar-refractivity contribution in [3.8, 4) is 28.1 Å². The standard InChI is InChI=1S/C29H21F2N3O6S/c1-39-28-27(34(41(36,37)38)26-10-8-21(30)15-24(26)31)14-20(16-33-28)19-7-9-25-23(13-19)22(11-12-32-25)17-3-5-18(6-4-17)29(35)40-2/h3-16H,1-2H3,(H,36,37,38). The number of carbonyl (C=O) groups is 1. The molecule has 208 valence electrons. The highest BCUT2D eigenvalue weighted by molar-refractivity contribution is 7.87. The van der Waals surface area contributed by atoms with Crippen LogP contribution in [0.25, 0.3) is 33.2 Å². The number of methoxy groups -OCH3 is 2. The fourth-order valence-electron chi connectivity index (χ4n) is 4.41. The quantitative estimate of drug-likeness (QED) is 0.185. The molecule has 9 nitrogen and oxygen atoms in total. The molecule has 0 saturated heterocycles. The van der Waals surface area contributed by atoms with E-state index in [4.69, 9.17) is 9.47 Å². The highest BCUT2D eigenvalue weighted by atomic mass is 32.2. The van der Waals surface area contributed by atoms with Gasteiger partial charge in [0, 0.05) is 29.4 Å². The van der Waals surface area contributed by atoms with Crippen LogP contribution >= 0.6 is 0 Å². The van der Waals surface area contributed by atoms with Crippen LogP contribution < -0.4 is 9.04 Å². The molecule has 3 aromatic carbocycles. The zero-order chi connectivity index (χ0) is 29.3. The minimum Gasteiger partial charge on any atom is -0.479 e. The van der Waals surface area contributed by atoms with E-state index in [0.717, 1.165) is 28.6 Å². The summed E-state index contributed by atoms with van der Waals surface area (Å²) in [7, 11) is -2.58. The minimum atomic E-state index is -5.12. The number of esters is 1. The third kappa shape index (κ3) is 5.42. The van der Waals surface area contributed by atoms with Gasteiger partial charge in [-0.05, 0) is 65.2 Å². The second-order valence-corrected chi connectivity index (χ2v) is 10.0. The van der Waals surface area contributed by atoms with Crippen LogP contribution in [0.15, 0.2) is 85.2 Å². The largest absolute Gasteiger partial charge is 0.479 e. The van der Waals surface area contributed by atoms with E-state index in [1.54, 1.807) is 42.6 Å². The number of pyridine rings is 2. The first-order chi connectivity index (χ1) is 19.6. The van der Waals surface area contributed by atoms with Gasteiger partial charge in [-0.15, -0.1) is 0 Å². The van der Waals surface area contributed by atoms with Crippen LogP contribution in [0.2, 0.25) is 0 Å². The number of benzene rings is 3. The predicted octanol–water partition coefficient (Wildman–Crippen LogP) is 5.98. The SMILES string of the molecule is COC(=O)c1ccc(-c2ccnc3ccc(-c4cnc(OC)c(N(c5ccc(F)cc5F)S(=O)(=O)O)c4)cc23)cc1. The first-order valence-electron chi connectivity index (χ1n) is 12.0. The summed E-state index contributed by atoms with van der Waals surface area (Å²) in [5.74, 6) is -2.85. The summed E-state index contributed by atoms with van der Waals surface area (Å²) in [6.07, 6.45) is 3.08. The number of hydrogen-bond acceptors (Lipinski definition) is 7. The summed E-state index contributed by atoms with van der Waals surface area (Å²) in [6.45, 7) is 0. The molecule has 0 fully saturated rings. The second-order valence-electron chi connectivity index (χ2n) is 8.75. The van der Waals surface area contributed by atoms with Crippen LogP contribution in [0.4, 0.5) is 20.2 Å². The molecule has 5 rings (SSSR count). The Balaban J connectivity index is 1.65. The maximum absolute atomic E-state index is 14.7. The average Bonchev–Trinajstić information content (AvgIpc) is 2.97. The molecule has 0 aliphatic rings. The number of halogens is 2. The summed E-state index contributed by atoms with van der Waals surface area (Å²) >= 11 is 0. The third-order valence-corrected chi connectivity index (χ3v) is 7.15. The van der Waals surface area contributed by atoms with E-state index in [1.807, 2.05) is 12.1 Å². The molecule has 0 bridgehead atoms. The van der Waals surface area contributed by atoms with Crippen molar-refractivity contribution in [2.75, 3.05) is 18.5 Å². The van der Waals surface area contributed by atoms with Gasteiger partial charge in [0.1, 0.15) is 11.5 Å². The maximum atomic E-state index is 14.7. The number of hydrogen-bond donors (Lipinski definition) is 1. The molecule has 41 heavy (non-hydrogen) atoms. The first kappa shape index (κ1) is 27.6. The van der Waals surface area contributed by atoms with E-state index in [1.165, 1.54) is 26.5 Å². The molecule has 0 radical (unpaired) electrons. The van der Waals surface area contributed by atoms with Crippen molar-refractivity contribution in [2.24, 2.45) is 0 Å². The Morgan fingerprint density at radius 2 is 1.59 bits per heavy atom. The second kappa shape index (κ2) is 10.9. The van der Waals surface area contributed by atoms with E-state index in [2.05, 4.69) is 9.97 Å². The Bertz CT molecular complexity index is 1900. The maximum Gasteiger partial charge on any atom is 0.364 e. The number of aromatic nitrogens is 2. The third-order valence-electron chi connectivity index (χ3n) is 6.30. The van der Waals surface area contributed by atoms with Crippen LogP contribution in [0.3, 0.4) is 0 Å². The zero-order valence-electron chi connectivity index (χ0n) is 21.6. The van der Waals surface area contributed by atoms with Crippen LogP contribution in [-0.4, -0.2) is 43.1 Å². The molecule has 12 heteroatoms. The molecule has 1 N–H and O–H groups in total. The zero-order valence-corrected chi connectivity index (χ0v) is 22.4. The van der Waals surface area contributed by atoms with Crippen molar-refractivity contribution in [1.29, 1.82) is 0 Å². The van der Waals surface area contributed by atoms with Crippen LogP contribution in [-0.2, 0) is 15.0 Å². The van der Waals surface area contributed by atoms with Gasteiger partial charge in [0.2, 0.25) is 5.88 Å². The number of fused-ring (bicyclic) bond motifs is 1. The summed E-state index contributed by atoms with van der Waals surface area (Å²) < 4.78 is 73.5. The Hall–Kier alpha value is -4.94. The molecule has 0 saturated carbocycles. The van der Waals surface area contributed by atoms with Crippen molar-refractivity contribution < 1.29 is 36.0 Å².